The molecule has 1 atom stereocenters. The first-order chi connectivity index (χ1) is 8.69. The molecule has 4 nitrogen and oxygen atoms in total. The van der Waals surface area contributed by atoms with E-state index in [9.17, 15) is 0 Å². The number of pyridine rings is 1. The first-order valence-electron chi connectivity index (χ1n) is 6.71. The summed E-state index contributed by atoms with van der Waals surface area (Å²) in [5.74, 6) is 0.946. The lowest BCUT2D eigenvalue weighted by Gasteiger charge is -2.35. The van der Waals surface area contributed by atoms with Crippen LogP contribution in [0.3, 0.4) is 0 Å². The van der Waals surface area contributed by atoms with Crippen molar-refractivity contribution in [2.45, 2.75) is 25.4 Å². The summed E-state index contributed by atoms with van der Waals surface area (Å²) in [4.78, 5) is 9.43. The molecular formula is C14H24N4. The van der Waals surface area contributed by atoms with Gasteiger partial charge < -0.3 is 10.2 Å². The number of rotatable bonds is 4. The molecule has 1 saturated heterocycles. The standard InChI is InChI=1S/C14H24N4/c1-15-14-8-4-6-12(16-14)10-18(3)13-7-5-9-17(2)11-13/h4,6,8,13H,5,7,9-11H2,1-3H3,(H,15,16). The second kappa shape index (κ2) is 6.16. The summed E-state index contributed by atoms with van der Waals surface area (Å²) in [6, 6.07) is 6.82. The quantitative estimate of drug-likeness (QED) is 0.878. The summed E-state index contributed by atoms with van der Waals surface area (Å²) in [7, 11) is 6.32. The first-order valence-corrected chi connectivity index (χ1v) is 6.71. The van der Waals surface area contributed by atoms with Gasteiger partial charge in [0.1, 0.15) is 5.82 Å². The largest absolute Gasteiger partial charge is 0.373 e. The van der Waals surface area contributed by atoms with Crippen molar-refractivity contribution in [1.29, 1.82) is 0 Å². The fourth-order valence-corrected chi connectivity index (χ4v) is 2.59. The molecule has 1 unspecified atom stereocenters. The third kappa shape index (κ3) is 3.43. The van der Waals surface area contributed by atoms with Crippen LogP contribution in [-0.4, -0.2) is 55.1 Å². The van der Waals surface area contributed by atoms with Crippen LogP contribution in [0, 0.1) is 0 Å². The van der Waals surface area contributed by atoms with E-state index in [4.69, 9.17) is 0 Å². The van der Waals surface area contributed by atoms with Gasteiger partial charge in [0.25, 0.3) is 0 Å². The predicted molar refractivity (Wildman–Crippen MR) is 75.8 cm³/mol. The van der Waals surface area contributed by atoms with Gasteiger partial charge in [0.05, 0.1) is 5.69 Å². The van der Waals surface area contributed by atoms with E-state index in [-0.39, 0.29) is 0 Å². The lowest BCUT2D eigenvalue weighted by atomic mass is 10.0. The van der Waals surface area contributed by atoms with Crippen molar-refractivity contribution >= 4 is 5.82 Å². The van der Waals surface area contributed by atoms with Gasteiger partial charge in [-0.15, -0.1) is 0 Å². The fourth-order valence-electron chi connectivity index (χ4n) is 2.59. The van der Waals surface area contributed by atoms with Gasteiger partial charge in [-0.3, -0.25) is 4.90 Å². The van der Waals surface area contributed by atoms with Gasteiger partial charge in [-0.25, -0.2) is 4.98 Å². The molecule has 1 fully saturated rings. The Morgan fingerprint density at radius 3 is 3.06 bits per heavy atom. The molecule has 0 radical (unpaired) electrons. The molecule has 1 aromatic heterocycles. The minimum absolute atomic E-state index is 0.656. The third-order valence-corrected chi connectivity index (χ3v) is 3.70. The lowest BCUT2D eigenvalue weighted by molar-refractivity contribution is 0.128. The van der Waals surface area contributed by atoms with Crippen LogP contribution in [0.25, 0.3) is 0 Å². The zero-order valence-electron chi connectivity index (χ0n) is 11.7. The molecule has 2 heterocycles. The highest BCUT2D eigenvalue weighted by molar-refractivity contribution is 5.34. The Kier molecular flexibility index (Phi) is 4.55. The van der Waals surface area contributed by atoms with E-state index in [0.717, 1.165) is 18.1 Å². The summed E-state index contributed by atoms with van der Waals surface area (Å²) in [6.45, 7) is 3.33. The Bertz CT molecular complexity index is 380. The van der Waals surface area contributed by atoms with Gasteiger partial charge in [0.15, 0.2) is 0 Å². The van der Waals surface area contributed by atoms with Crippen LogP contribution >= 0.6 is 0 Å². The van der Waals surface area contributed by atoms with E-state index < -0.39 is 0 Å². The fraction of sp³-hybridized carbons (Fsp3) is 0.643. The molecule has 1 aliphatic heterocycles. The minimum Gasteiger partial charge on any atom is -0.373 e. The number of likely N-dealkylation sites (N-methyl/N-ethyl adjacent to an activating group) is 2. The summed E-state index contributed by atoms with van der Waals surface area (Å²) in [6.07, 6.45) is 2.60. The number of aromatic nitrogens is 1. The first kappa shape index (κ1) is 13.3. The lowest BCUT2D eigenvalue weighted by Crippen LogP contribution is -2.44. The Hall–Kier alpha value is -1.13. The highest BCUT2D eigenvalue weighted by atomic mass is 15.2. The monoisotopic (exact) mass is 248 g/mol. The highest BCUT2D eigenvalue weighted by Crippen LogP contribution is 2.15. The minimum atomic E-state index is 0.656. The number of piperidine rings is 1. The van der Waals surface area contributed by atoms with Crippen molar-refractivity contribution < 1.29 is 0 Å². The summed E-state index contributed by atoms with van der Waals surface area (Å²) >= 11 is 0. The number of hydrogen-bond acceptors (Lipinski definition) is 4. The molecule has 0 saturated carbocycles. The maximum atomic E-state index is 4.58. The van der Waals surface area contributed by atoms with Crippen LogP contribution in [0.5, 0.6) is 0 Å². The van der Waals surface area contributed by atoms with E-state index in [0.29, 0.717) is 6.04 Å². The molecule has 1 N–H and O–H groups in total. The topological polar surface area (TPSA) is 31.4 Å². The molecule has 1 aromatic rings. The smallest absolute Gasteiger partial charge is 0.126 e. The van der Waals surface area contributed by atoms with Crippen molar-refractivity contribution in [1.82, 2.24) is 14.8 Å². The molecule has 0 spiro atoms. The van der Waals surface area contributed by atoms with E-state index in [1.54, 1.807) is 0 Å². The molecule has 100 valence electrons. The maximum Gasteiger partial charge on any atom is 0.126 e. The zero-order valence-corrected chi connectivity index (χ0v) is 11.7. The number of nitrogens with one attached hydrogen (secondary N) is 1. The summed E-state index contributed by atoms with van der Waals surface area (Å²) < 4.78 is 0. The van der Waals surface area contributed by atoms with Gasteiger partial charge in [-0.05, 0) is 45.6 Å². The summed E-state index contributed by atoms with van der Waals surface area (Å²) in [5.41, 5.74) is 1.14. The van der Waals surface area contributed by atoms with Crippen molar-refractivity contribution in [2.24, 2.45) is 0 Å². The van der Waals surface area contributed by atoms with Crippen LogP contribution < -0.4 is 5.32 Å². The highest BCUT2D eigenvalue weighted by Gasteiger charge is 2.21. The molecule has 0 aliphatic carbocycles. The van der Waals surface area contributed by atoms with Crippen LogP contribution in [-0.2, 0) is 6.54 Å². The summed E-state index contributed by atoms with van der Waals surface area (Å²) in [5, 5.41) is 3.09. The zero-order chi connectivity index (χ0) is 13.0. The Labute approximate surface area is 110 Å². The van der Waals surface area contributed by atoms with E-state index >= 15 is 0 Å². The molecule has 2 rings (SSSR count). The molecule has 0 aromatic carbocycles. The SMILES string of the molecule is CNc1cccc(CN(C)C2CCCN(C)C2)n1. The van der Waals surface area contributed by atoms with Gasteiger partial charge in [-0.1, -0.05) is 6.07 Å². The Balaban J connectivity index is 1.95. The molecular weight excluding hydrogens is 224 g/mol. The van der Waals surface area contributed by atoms with Crippen molar-refractivity contribution in [2.75, 3.05) is 39.5 Å². The second-order valence-electron chi connectivity index (χ2n) is 5.24. The third-order valence-electron chi connectivity index (χ3n) is 3.70. The predicted octanol–water partition coefficient (Wildman–Crippen LogP) is 1.65. The Morgan fingerprint density at radius 1 is 1.50 bits per heavy atom. The van der Waals surface area contributed by atoms with Gasteiger partial charge >= 0.3 is 0 Å². The van der Waals surface area contributed by atoms with Gasteiger partial charge in [-0.2, -0.15) is 0 Å². The molecule has 18 heavy (non-hydrogen) atoms. The average Bonchev–Trinajstić information content (AvgIpc) is 2.39. The van der Waals surface area contributed by atoms with Crippen molar-refractivity contribution in [3.05, 3.63) is 23.9 Å². The van der Waals surface area contributed by atoms with Crippen molar-refractivity contribution in [3.63, 3.8) is 0 Å². The average molecular weight is 248 g/mol. The number of likely N-dealkylation sites (tertiary alicyclic amines) is 1. The molecule has 0 amide bonds. The Morgan fingerprint density at radius 2 is 2.33 bits per heavy atom. The maximum absolute atomic E-state index is 4.58. The van der Waals surface area contributed by atoms with Crippen LogP contribution in [0.1, 0.15) is 18.5 Å². The molecule has 0 bridgehead atoms. The van der Waals surface area contributed by atoms with Crippen LogP contribution in [0.4, 0.5) is 5.82 Å². The van der Waals surface area contributed by atoms with Crippen molar-refractivity contribution in [3.8, 4) is 0 Å². The second-order valence-corrected chi connectivity index (χ2v) is 5.24. The molecule has 4 heteroatoms. The van der Waals surface area contributed by atoms with E-state index in [1.807, 2.05) is 13.1 Å². The van der Waals surface area contributed by atoms with Gasteiger partial charge in [0, 0.05) is 26.2 Å². The number of nitrogens with zero attached hydrogens (tertiary/aromatic N) is 3. The number of hydrogen-bond donors (Lipinski definition) is 1. The number of anilines is 1. The normalized spacial score (nSPS) is 21.2. The van der Waals surface area contributed by atoms with E-state index in [1.165, 1.54) is 25.9 Å². The van der Waals surface area contributed by atoms with Crippen LogP contribution in [0.15, 0.2) is 18.2 Å². The molecule has 1 aliphatic rings. The van der Waals surface area contributed by atoms with Gasteiger partial charge in [0.2, 0.25) is 0 Å². The van der Waals surface area contributed by atoms with E-state index in [2.05, 4.69) is 46.3 Å². The van der Waals surface area contributed by atoms with Crippen LogP contribution in [0.2, 0.25) is 0 Å².